The zero-order chi connectivity index (χ0) is 27.2. The number of halogens is 1. The molecule has 2 aliphatic heterocycles. The van der Waals surface area contributed by atoms with Gasteiger partial charge in [-0.15, -0.1) is 0 Å². The average Bonchev–Trinajstić information content (AvgIpc) is 2.90. The highest BCUT2D eigenvalue weighted by Crippen LogP contribution is 2.29. The predicted molar refractivity (Wildman–Crippen MR) is 140 cm³/mol. The SMILES string of the molecule is CCN1CC(=O)N2[C@@H](C(C)C)C(=O)N(CCOCc3cccc(F)c3)C[C@@H]2N1C(=O)NCc1ccccc1. The van der Waals surface area contributed by atoms with Crippen LogP contribution >= 0.6 is 0 Å². The first-order valence-electron chi connectivity index (χ1n) is 13.1. The van der Waals surface area contributed by atoms with Crippen molar-refractivity contribution < 1.29 is 23.5 Å². The third kappa shape index (κ3) is 6.14. The standard InChI is InChI=1S/C28H36FN5O4/c1-4-32-18-25(35)33-24(34(32)28(37)30-16-21-9-6-5-7-10-21)17-31(27(36)26(33)20(2)3)13-14-38-19-22-11-8-12-23(29)15-22/h5-12,15,20,24,26H,4,13-14,16-19H2,1-3H3,(H,30,37)/t24-,26-/m0/s1. The number of hydrogen-bond donors (Lipinski definition) is 1. The van der Waals surface area contributed by atoms with Gasteiger partial charge in [0.15, 0.2) is 0 Å². The molecule has 4 rings (SSSR count). The van der Waals surface area contributed by atoms with Gasteiger partial charge in [-0.3, -0.25) is 9.59 Å². The van der Waals surface area contributed by atoms with Crippen LogP contribution in [0.1, 0.15) is 31.9 Å². The third-order valence-corrected chi connectivity index (χ3v) is 6.92. The second-order valence-corrected chi connectivity index (χ2v) is 9.91. The first-order chi connectivity index (χ1) is 18.3. The number of ether oxygens (including phenoxy) is 1. The van der Waals surface area contributed by atoms with Crippen molar-refractivity contribution in [2.24, 2.45) is 5.92 Å². The number of hydrogen-bond acceptors (Lipinski definition) is 5. The van der Waals surface area contributed by atoms with E-state index in [1.54, 1.807) is 32.0 Å². The van der Waals surface area contributed by atoms with Crippen molar-refractivity contribution in [2.45, 2.75) is 46.1 Å². The van der Waals surface area contributed by atoms with Gasteiger partial charge in [0.05, 0.1) is 26.3 Å². The summed E-state index contributed by atoms with van der Waals surface area (Å²) >= 11 is 0. The van der Waals surface area contributed by atoms with E-state index < -0.39 is 12.2 Å². The molecule has 2 saturated heterocycles. The van der Waals surface area contributed by atoms with Crippen LogP contribution in [-0.2, 0) is 27.5 Å². The first-order valence-corrected chi connectivity index (χ1v) is 13.1. The van der Waals surface area contributed by atoms with Gasteiger partial charge in [-0.1, -0.05) is 63.2 Å². The van der Waals surface area contributed by atoms with E-state index >= 15 is 0 Å². The summed E-state index contributed by atoms with van der Waals surface area (Å²) in [6, 6.07) is 14.8. The molecule has 0 saturated carbocycles. The largest absolute Gasteiger partial charge is 0.375 e. The van der Waals surface area contributed by atoms with Crippen LogP contribution in [0.5, 0.6) is 0 Å². The minimum Gasteiger partial charge on any atom is -0.375 e. The molecule has 2 fully saturated rings. The molecule has 0 unspecified atom stereocenters. The Morgan fingerprint density at radius 2 is 1.84 bits per heavy atom. The first kappa shape index (κ1) is 27.5. The maximum Gasteiger partial charge on any atom is 0.334 e. The van der Waals surface area contributed by atoms with Gasteiger partial charge in [-0.05, 0) is 29.2 Å². The van der Waals surface area contributed by atoms with Gasteiger partial charge < -0.3 is 19.9 Å². The van der Waals surface area contributed by atoms with Crippen molar-refractivity contribution >= 4 is 17.8 Å². The monoisotopic (exact) mass is 525 g/mol. The van der Waals surface area contributed by atoms with Crippen LogP contribution in [0.2, 0.25) is 0 Å². The fraction of sp³-hybridized carbons (Fsp3) is 0.464. The fourth-order valence-corrected chi connectivity index (χ4v) is 5.07. The molecule has 9 nitrogen and oxygen atoms in total. The number of amides is 4. The zero-order valence-electron chi connectivity index (χ0n) is 22.2. The van der Waals surface area contributed by atoms with E-state index in [1.165, 1.54) is 12.1 Å². The molecule has 2 heterocycles. The molecule has 0 spiro atoms. The van der Waals surface area contributed by atoms with E-state index in [1.807, 2.05) is 51.1 Å². The zero-order valence-corrected chi connectivity index (χ0v) is 22.2. The fourth-order valence-electron chi connectivity index (χ4n) is 5.07. The lowest BCUT2D eigenvalue weighted by atomic mass is 9.96. The van der Waals surface area contributed by atoms with Gasteiger partial charge in [0.2, 0.25) is 11.8 Å². The number of urea groups is 1. The Hall–Kier alpha value is -3.50. The maximum atomic E-state index is 13.5. The van der Waals surface area contributed by atoms with E-state index in [-0.39, 0.29) is 55.9 Å². The lowest BCUT2D eigenvalue weighted by Crippen LogP contribution is -2.77. The molecule has 2 aliphatic rings. The van der Waals surface area contributed by atoms with Crippen molar-refractivity contribution in [2.75, 3.05) is 32.8 Å². The molecule has 0 bridgehead atoms. The number of likely N-dealkylation sites (N-methyl/N-ethyl adjacent to an activating group) is 1. The van der Waals surface area contributed by atoms with E-state index in [9.17, 15) is 18.8 Å². The molecule has 4 amide bonds. The smallest absolute Gasteiger partial charge is 0.334 e. The molecule has 2 aromatic carbocycles. The molecule has 204 valence electrons. The Morgan fingerprint density at radius 3 is 2.53 bits per heavy atom. The lowest BCUT2D eigenvalue weighted by molar-refractivity contribution is -0.193. The number of carbonyl (C=O) groups excluding carboxylic acids is 3. The van der Waals surface area contributed by atoms with E-state index in [0.717, 1.165) is 5.56 Å². The minimum atomic E-state index is -0.687. The Bertz CT molecular complexity index is 1130. The summed E-state index contributed by atoms with van der Waals surface area (Å²) in [5, 5.41) is 6.30. The Kier molecular flexibility index (Phi) is 8.96. The van der Waals surface area contributed by atoms with Crippen LogP contribution in [0.3, 0.4) is 0 Å². The molecule has 2 atom stereocenters. The lowest BCUT2D eigenvalue weighted by Gasteiger charge is -2.55. The minimum absolute atomic E-state index is 0.0268. The average molecular weight is 526 g/mol. The molecule has 2 aromatic rings. The summed E-state index contributed by atoms with van der Waals surface area (Å²) in [6.45, 7) is 7.47. The topological polar surface area (TPSA) is 85.4 Å². The van der Waals surface area contributed by atoms with Gasteiger partial charge in [-0.2, -0.15) is 0 Å². The number of fused-ring (bicyclic) bond motifs is 1. The van der Waals surface area contributed by atoms with Crippen LogP contribution in [0.25, 0.3) is 0 Å². The molecule has 1 N–H and O–H groups in total. The molecule has 0 radical (unpaired) electrons. The summed E-state index contributed by atoms with van der Waals surface area (Å²) in [5.41, 5.74) is 1.67. The summed E-state index contributed by atoms with van der Waals surface area (Å²) in [4.78, 5) is 43.5. The third-order valence-electron chi connectivity index (χ3n) is 6.92. The highest BCUT2D eigenvalue weighted by molar-refractivity contribution is 5.91. The summed E-state index contributed by atoms with van der Waals surface area (Å²) in [6.07, 6.45) is -0.639. The number of piperazine rings is 1. The molecule has 10 heteroatoms. The van der Waals surface area contributed by atoms with Crippen LogP contribution in [-0.4, -0.2) is 82.7 Å². The number of nitrogens with zero attached hydrogens (tertiary/aromatic N) is 4. The van der Waals surface area contributed by atoms with Crippen LogP contribution in [0.4, 0.5) is 9.18 Å². The van der Waals surface area contributed by atoms with Gasteiger partial charge >= 0.3 is 6.03 Å². The second kappa shape index (κ2) is 12.4. The van der Waals surface area contributed by atoms with Crippen LogP contribution in [0, 0.1) is 11.7 Å². The van der Waals surface area contributed by atoms with Crippen molar-refractivity contribution in [1.29, 1.82) is 0 Å². The highest BCUT2D eigenvalue weighted by Gasteiger charge is 2.51. The van der Waals surface area contributed by atoms with Gasteiger partial charge in [0.1, 0.15) is 18.0 Å². The van der Waals surface area contributed by atoms with E-state index in [4.69, 9.17) is 4.74 Å². The number of benzene rings is 2. The molecular formula is C28H36FN5O4. The summed E-state index contributed by atoms with van der Waals surface area (Å²) < 4.78 is 19.2. The predicted octanol–water partition coefficient (Wildman–Crippen LogP) is 2.83. The Labute approximate surface area is 223 Å². The quantitative estimate of drug-likeness (QED) is 0.509. The molecule has 0 aliphatic carbocycles. The van der Waals surface area contributed by atoms with Gasteiger partial charge in [-0.25, -0.2) is 19.2 Å². The Balaban J connectivity index is 1.49. The number of hydrazine groups is 1. The van der Waals surface area contributed by atoms with Crippen molar-refractivity contribution in [3.63, 3.8) is 0 Å². The van der Waals surface area contributed by atoms with Crippen molar-refractivity contribution in [3.05, 3.63) is 71.5 Å². The van der Waals surface area contributed by atoms with Gasteiger partial charge in [0, 0.05) is 19.6 Å². The van der Waals surface area contributed by atoms with Gasteiger partial charge in [0.25, 0.3) is 0 Å². The number of rotatable bonds is 9. The normalized spacial score (nSPS) is 20.2. The van der Waals surface area contributed by atoms with Crippen molar-refractivity contribution in [3.8, 4) is 0 Å². The summed E-state index contributed by atoms with van der Waals surface area (Å²) in [5.74, 6) is -0.802. The van der Waals surface area contributed by atoms with E-state index in [2.05, 4.69) is 5.32 Å². The second-order valence-electron chi connectivity index (χ2n) is 9.91. The van der Waals surface area contributed by atoms with Crippen LogP contribution < -0.4 is 5.32 Å². The van der Waals surface area contributed by atoms with E-state index in [0.29, 0.717) is 25.2 Å². The maximum absolute atomic E-state index is 13.5. The van der Waals surface area contributed by atoms with Crippen molar-refractivity contribution in [1.82, 2.24) is 25.1 Å². The molecule has 0 aromatic heterocycles. The molecule has 38 heavy (non-hydrogen) atoms. The highest BCUT2D eigenvalue weighted by atomic mass is 19.1. The molecular weight excluding hydrogens is 489 g/mol. The number of nitrogens with one attached hydrogen (secondary N) is 1. The number of carbonyl (C=O) groups is 3. The van der Waals surface area contributed by atoms with Crippen LogP contribution in [0.15, 0.2) is 54.6 Å². The summed E-state index contributed by atoms with van der Waals surface area (Å²) in [7, 11) is 0. The Morgan fingerprint density at radius 1 is 1.11 bits per heavy atom.